The minimum absolute atomic E-state index is 0.0665. The summed E-state index contributed by atoms with van der Waals surface area (Å²) in [7, 11) is 10.7. The smallest absolute Gasteiger partial charge is 0.248 e. The normalized spacial score (nSPS) is 30.9. The molecule has 4 saturated heterocycles. The van der Waals surface area contributed by atoms with Crippen LogP contribution in [0.2, 0.25) is 0 Å². The lowest BCUT2D eigenvalue weighted by molar-refractivity contribution is -0.155. The largest absolute Gasteiger partial charge is 0.378 e. The molecular weight excluding hydrogens is 1190 g/mol. The van der Waals surface area contributed by atoms with E-state index in [1.165, 1.54) is 78.5 Å². The monoisotopic (exact) mass is 1310 g/mol. The zero-order valence-electron chi connectivity index (χ0n) is 60.8. The molecule has 0 aromatic rings. The topological polar surface area (TPSA) is 266 Å². The summed E-state index contributed by atoms with van der Waals surface area (Å²) >= 11 is 0. The lowest BCUT2D eigenvalue weighted by Crippen LogP contribution is -2.62. The van der Waals surface area contributed by atoms with Gasteiger partial charge in [0.2, 0.25) is 59.1 Å². The van der Waals surface area contributed by atoms with E-state index in [4.69, 9.17) is 9.47 Å². The molecule has 25 heteroatoms. The Hall–Kier alpha value is -5.76. The molecule has 0 aromatic carbocycles. The second-order valence-electron chi connectivity index (χ2n) is 28.9. The fraction of sp³-hybridized carbons (Fsp3) is 0.824. The Balaban J connectivity index is 1.88. The van der Waals surface area contributed by atoms with Crippen LogP contribution in [-0.4, -0.2) is 290 Å². The van der Waals surface area contributed by atoms with E-state index in [1.807, 2.05) is 81.4 Å². The Morgan fingerprint density at radius 3 is 1.53 bits per heavy atom. The summed E-state index contributed by atoms with van der Waals surface area (Å²) in [6.45, 7) is 34.7. The lowest BCUT2D eigenvalue weighted by Gasteiger charge is -2.44. The van der Waals surface area contributed by atoms with E-state index < -0.39 is 126 Å². The standard InChI is InChI=1S/C68H121N13O12/c1-24-26-27-43(11)58-57-61(84)72-50(25-2)64(87)73(17)47(15)63(86)77(21)54(44(12)36-80-28-30-81(31-29-80)49-37-92-38-49)35-69-55(42(9)10)67(90)74(18)51(32-39(3)4)60(83)70-45(13)59(82)71-46(14)62(85)75(19)52(33-40(5)6)65(88)76(20)53(34-41(7)8)66(89)78(22)56(48(16)93-58)68(91)79(57)23/h24,26,39-58,69H,25,27-38H2,1-23H3,(H,70,83)(H,71,82)(H,72,84). The molecule has 4 N–H and O–H groups in total. The summed E-state index contributed by atoms with van der Waals surface area (Å²) in [6.07, 6.45) is 3.06. The number of carbonyl (C=O) groups is 10. The van der Waals surface area contributed by atoms with Gasteiger partial charge < -0.3 is 69.9 Å². The molecule has 4 aliphatic heterocycles. The van der Waals surface area contributed by atoms with Gasteiger partial charge in [-0.1, -0.05) is 88.3 Å². The molecule has 0 spiro atoms. The summed E-state index contributed by atoms with van der Waals surface area (Å²) in [5.74, 6) is -6.76. The summed E-state index contributed by atoms with van der Waals surface area (Å²) in [6, 6.07) is -11.4. The first-order valence-corrected chi connectivity index (χ1v) is 34.3. The first-order chi connectivity index (χ1) is 43.4. The molecule has 0 radical (unpaired) electrons. The number of hydrogen-bond donors (Lipinski definition) is 4. The van der Waals surface area contributed by atoms with Crippen LogP contribution in [0.5, 0.6) is 0 Å². The SMILES string of the molecule is CC=CCC(C)C1OC(C)C2C(=O)N(C)C1C(=O)NC(CC)C(=O)N(C)C(C)C(=O)N(C)C(C(C)CN1CCN(C3COC3)CC1)CNC(C(C)C)C(=O)N(C)C(CC(C)C)C(=O)NC(C)C(=O)NC(C)C(=O)N(C)C(CC(C)C)C(=O)N(C)C(CC(C)C)C(=O)N2C. The first kappa shape index (κ1) is 79.7. The highest BCUT2D eigenvalue weighted by Gasteiger charge is 2.50. The predicted octanol–water partition coefficient (Wildman–Crippen LogP) is 2.51. The highest BCUT2D eigenvalue weighted by molar-refractivity contribution is 5.99. The van der Waals surface area contributed by atoms with Crippen LogP contribution in [0.4, 0.5) is 0 Å². The molecule has 4 heterocycles. The van der Waals surface area contributed by atoms with Crippen molar-refractivity contribution < 1.29 is 57.4 Å². The molecule has 10 amide bonds. The summed E-state index contributed by atoms with van der Waals surface area (Å²) in [5, 5.41) is 12.0. The molecule has 4 aliphatic rings. The molecule has 4 rings (SSSR count). The highest BCUT2D eigenvalue weighted by Crippen LogP contribution is 2.31. The third-order valence-corrected chi connectivity index (χ3v) is 19.7. The molecule has 15 atom stereocenters. The number of hydrogen-bond acceptors (Lipinski definition) is 15. The van der Waals surface area contributed by atoms with Gasteiger partial charge in [0.25, 0.3) is 0 Å². The molecule has 15 unspecified atom stereocenters. The number of nitrogens with one attached hydrogen (secondary N) is 4. The number of ether oxygens (including phenoxy) is 2. The number of carbonyl (C=O) groups excluding carboxylic acids is 10. The van der Waals surface area contributed by atoms with Crippen molar-refractivity contribution in [3.8, 4) is 0 Å². The quantitative estimate of drug-likeness (QED) is 0.172. The third kappa shape index (κ3) is 20.4. The molecule has 4 fully saturated rings. The van der Waals surface area contributed by atoms with Gasteiger partial charge in [-0.3, -0.25) is 52.8 Å². The number of nitrogens with zero attached hydrogens (tertiary/aromatic N) is 9. The van der Waals surface area contributed by atoms with Gasteiger partial charge in [0.1, 0.15) is 54.4 Å². The molecular formula is C68H121N13O12. The van der Waals surface area contributed by atoms with E-state index in [0.29, 0.717) is 19.0 Å². The van der Waals surface area contributed by atoms with Crippen LogP contribution >= 0.6 is 0 Å². The van der Waals surface area contributed by atoms with Gasteiger partial charge in [-0.05, 0) is 102 Å². The Labute approximate surface area is 556 Å². The van der Waals surface area contributed by atoms with E-state index in [-0.39, 0.29) is 79.5 Å². The van der Waals surface area contributed by atoms with E-state index in [1.54, 1.807) is 39.8 Å². The van der Waals surface area contributed by atoms with Crippen molar-refractivity contribution in [1.82, 2.24) is 65.4 Å². The molecule has 0 aromatic heterocycles. The number of likely N-dealkylation sites (N-methyl/N-ethyl adjacent to an activating group) is 7. The van der Waals surface area contributed by atoms with Crippen molar-refractivity contribution in [2.45, 2.75) is 228 Å². The number of amides is 10. The van der Waals surface area contributed by atoms with E-state index in [9.17, 15) is 24.0 Å². The highest BCUT2D eigenvalue weighted by atomic mass is 16.5. The van der Waals surface area contributed by atoms with Gasteiger partial charge in [-0.2, -0.15) is 0 Å². The van der Waals surface area contributed by atoms with Crippen LogP contribution in [0.1, 0.15) is 143 Å². The van der Waals surface area contributed by atoms with Crippen molar-refractivity contribution in [1.29, 1.82) is 0 Å². The van der Waals surface area contributed by atoms with Crippen molar-refractivity contribution in [3.63, 3.8) is 0 Å². The fourth-order valence-corrected chi connectivity index (χ4v) is 13.4. The molecule has 0 aliphatic carbocycles. The van der Waals surface area contributed by atoms with Gasteiger partial charge in [-0.25, -0.2) is 0 Å². The zero-order valence-corrected chi connectivity index (χ0v) is 60.8. The van der Waals surface area contributed by atoms with Gasteiger partial charge in [-0.15, -0.1) is 0 Å². The van der Waals surface area contributed by atoms with Crippen molar-refractivity contribution >= 4 is 59.1 Å². The van der Waals surface area contributed by atoms with Gasteiger partial charge in [0, 0.05) is 94.6 Å². The summed E-state index contributed by atoms with van der Waals surface area (Å²) < 4.78 is 12.3. The second-order valence-corrected chi connectivity index (χ2v) is 28.9. The Morgan fingerprint density at radius 1 is 0.516 bits per heavy atom. The van der Waals surface area contributed by atoms with Crippen molar-refractivity contribution in [2.24, 2.45) is 35.5 Å². The number of piperazine rings is 1. The van der Waals surface area contributed by atoms with Gasteiger partial charge in [0.05, 0.1) is 37.5 Å². The lowest BCUT2D eigenvalue weighted by atomic mass is 9.92. The Morgan fingerprint density at radius 2 is 1.02 bits per heavy atom. The van der Waals surface area contributed by atoms with Gasteiger partial charge >= 0.3 is 0 Å². The third-order valence-electron chi connectivity index (χ3n) is 19.7. The predicted molar refractivity (Wildman–Crippen MR) is 359 cm³/mol. The number of rotatable bonds is 15. The Bertz CT molecular complexity index is 2580. The van der Waals surface area contributed by atoms with E-state index in [0.717, 1.165) is 39.4 Å². The average molecular weight is 1310 g/mol. The summed E-state index contributed by atoms with van der Waals surface area (Å²) in [4.78, 5) is 163. The van der Waals surface area contributed by atoms with Crippen LogP contribution in [-0.2, 0) is 57.4 Å². The maximum Gasteiger partial charge on any atom is 0.248 e. The maximum absolute atomic E-state index is 15.3. The van der Waals surface area contributed by atoms with Crippen LogP contribution in [0, 0.1) is 35.5 Å². The maximum atomic E-state index is 15.3. The first-order valence-electron chi connectivity index (χ1n) is 34.3. The number of allylic oxidation sites excluding steroid dienone is 2. The van der Waals surface area contributed by atoms with E-state index in [2.05, 4.69) is 38.0 Å². The summed E-state index contributed by atoms with van der Waals surface area (Å²) in [5.41, 5.74) is 0. The second kappa shape index (κ2) is 35.8. The fourth-order valence-electron chi connectivity index (χ4n) is 13.4. The minimum Gasteiger partial charge on any atom is -0.378 e. The van der Waals surface area contributed by atoms with Crippen LogP contribution < -0.4 is 21.3 Å². The zero-order chi connectivity index (χ0) is 70.4. The Kier molecular flexibility index (Phi) is 30.7. The molecule has 530 valence electrons. The number of fused-ring (bicyclic) bond motifs is 3. The van der Waals surface area contributed by atoms with Crippen LogP contribution in [0.15, 0.2) is 12.2 Å². The van der Waals surface area contributed by atoms with E-state index >= 15 is 24.0 Å². The molecule has 93 heavy (non-hydrogen) atoms. The van der Waals surface area contributed by atoms with Crippen LogP contribution in [0.25, 0.3) is 0 Å². The van der Waals surface area contributed by atoms with Crippen molar-refractivity contribution in [2.75, 3.05) is 102 Å². The molecule has 2 bridgehead atoms. The molecule has 0 saturated carbocycles. The average Bonchev–Trinajstić information content (AvgIpc) is 1.74. The van der Waals surface area contributed by atoms with Crippen molar-refractivity contribution in [3.05, 3.63) is 12.2 Å². The van der Waals surface area contributed by atoms with Gasteiger partial charge in [0.15, 0.2) is 0 Å². The molecule has 25 nitrogen and oxygen atoms in total. The minimum atomic E-state index is -1.30. The van der Waals surface area contributed by atoms with Crippen LogP contribution in [0.3, 0.4) is 0 Å².